The summed E-state index contributed by atoms with van der Waals surface area (Å²) in [6, 6.07) is 24.6. The molecular weight excluding hydrogens is 1110 g/mol. The lowest BCUT2D eigenvalue weighted by molar-refractivity contribution is -0.135. The molecule has 1 saturated heterocycles. The minimum Gasteiger partial charge on any atom is -0.497 e. The number of amides is 5. The molecule has 23 heteroatoms. The number of halogens is 3. The van der Waals surface area contributed by atoms with Gasteiger partial charge in [0.15, 0.2) is 0 Å². The summed E-state index contributed by atoms with van der Waals surface area (Å²) in [4.78, 5) is 78.3. The van der Waals surface area contributed by atoms with Crippen LogP contribution in [0.2, 0.25) is 10.0 Å². The van der Waals surface area contributed by atoms with Crippen molar-refractivity contribution in [1.29, 1.82) is 5.26 Å². The maximum Gasteiger partial charge on any atom is 0.326 e. The molecule has 434 valence electrons. The van der Waals surface area contributed by atoms with Crippen LogP contribution >= 0.6 is 23.2 Å². The Kier molecular flexibility index (Phi) is 18.9. The van der Waals surface area contributed by atoms with Crippen molar-refractivity contribution in [3.63, 3.8) is 0 Å². The van der Waals surface area contributed by atoms with E-state index in [-0.39, 0.29) is 107 Å². The van der Waals surface area contributed by atoms with Crippen LogP contribution in [-0.2, 0) is 32.2 Å². The zero-order valence-electron chi connectivity index (χ0n) is 47.2. The second-order valence-corrected chi connectivity index (χ2v) is 21.4. The predicted molar refractivity (Wildman–Crippen MR) is 307 cm³/mol. The molecule has 20 nitrogen and oxygen atoms in total. The lowest BCUT2D eigenvalue weighted by Crippen LogP contribution is -2.56. The summed E-state index contributed by atoms with van der Waals surface area (Å²) < 4.78 is 45.6. The smallest absolute Gasteiger partial charge is 0.326 e. The van der Waals surface area contributed by atoms with E-state index in [4.69, 9.17) is 62.0 Å². The average Bonchev–Trinajstić information content (AvgIpc) is 2.93. The number of amidine groups is 1. The number of rotatable bonds is 18. The maximum atomic E-state index is 15.1. The van der Waals surface area contributed by atoms with E-state index in [1.807, 2.05) is 44.2 Å². The summed E-state index contributed by atoms with van der Waals surface area (Å²) in [6.45, 7) is 8.96. The largest absolute Gasteiger partial charge is 0.497 e. The highest BCUT2D eigenvalue weighted by Crippen LogP contribution is 2.46. The van der Waals surface area contributed by atoms with E-state index in [1.54, 1.807) is 86.2 Å². The Morgan fingerprint density at radius 1 is 0.904 bits per heavy atom. The molecule has 1 fully saturated rings. The highest BCUT2D eigenvalue weighted by molar-refractivity contribution is 6.30. The number of urea groups is 1. The number of piperazine rings is 1. The molecule has 0 unspecified atom stereocenters. The van der Waals surface area contributed by atoms with Gasteiger partial charge in [-0.3, -0.25) is 33.9 Å². The molecule has 83 heavy (non-hydrogen) atoms. The normalized spacial score (nSPS) is 17.0. The SMILES string of the molecule is COc1ccc(C2=N[C@H](c3ccc(Cl)cc3)[C@H](c3ccc(Cl)cc3)N2C(=O)N2CCN(CCOCCOCCC(=O)N(C)CCn3nc4c(c3C#N)-c3cnc(C)c(n3)O[C@H](C)c3cc(F)ccc3C(=O)N(C)C4)C(=O)C2)c(OC(C)C)c1. The average molecular weight is 1170 g/mol. The molecule has 0 N–H and O–H groups in total. The van der Waals surface area contributed by atoms with Gasteiger partial charge in [0, 0.05) is 67.5 Å². The fourth-order valence-corrected chi connectivity index (χ4v) is 10.4. The number of benzene rings is 4. The number of carbonyl (C=O) groups excluding carboxylic acids is 4. The van der Waals surface area contributed by atoms with E-state index >= 15 is 4.79 Å². The van der Waals surface area contributed by atoms with Crippen molar-refractivity contribution in [3.05, 3.63) is 152 Å². The number of fused-ring (bicyclic) bond motifs is 5. The van der Waals surface area contributed by atoms with E-state index in [9.17, 15) is 24.0 Å². The van der Waals surface area contributed by atoms with Crippen LogP contribution in [0.3, 0.4) is 0 Å². The van der Waals surface area contributed by atoms with Crippen molar-refractivity contribution in [1.82, 2.24) is 44.2 Å². The first-order valence-electron chi connectivity index (χ1n) is 27.2. The van der Waals surface area contributed by atoms with E-state index in [1.165, 1.54) is 38.9 Å². The fraction of sp³-hybridized carbons (Fsp3) is 0.383. The van der Waals surface area contributed by atoms with Gasteiger partial charge in [-0.1, -0.05) is 47.5 Å². The number of carbonyl (C=O) groups is 4. The highest BCUT2D eigenvalue weighted by Gasteiger charge is 2.46. The Morgan fingerprint density at radius 3 is 2.29 bits per heavy atom. The number of hydrogen-bond acceptors (Lipinski definition) is 14. The molecule has 0 radical (unpaired) electrons. The third-order valence-corrected chi connectivity index (χ3v) is 15.0. The summed E-state index contributed by atoms with van der Waals surface area (Å²) in [5.74, 6) is 0.214. The van der Waals surface area contributed by atoms with Crippen LogP contribution in [0.4, 0.5) is 9.18 Å². The summed E-state index contributed by atoms with van der Waals surface area (Å²) in [6.07, 6.45) is 0.608. The van der Waals surface area contributed by atoms with Gasteiger partial charge in [0.05, 0.1) is 99.6 Å². The number of ether oxygens (including phenoxy) is 5. The molecule has 3 aliphatic rings. The second-order valence-electron chi connectivity index (χ2n) is 20.5. The summed E-state index contributed by atoms with van der Waals surface area (Å²) in [7, 11) is 4.81. The zero-order chi connectivity index (χ0) is 59.1. The van der Waals surface area contributed by atoms with Gasteiger partial charge in [-0.05, 0) is 93.4 Å². The first-order valence-corrected chi connectivity index (χ1v) is 27.9. The Hall–Kier alpha value is -8.16. The molecular formula is C60H64Cl2FN11O9. The number of aryl methyl sites for hydroxylation is 1. The molecule has 5 amide bonds. The number of likely N-dealkylation sites (N-methyl/N-ethyl adjacent to an activating group) is 1. The van der Waals surface area contributed by atoms with Gasteiger partial charge in [0.2, 0.25) is 17.7 Å². The third kappa shape index (κ3) is 13.5. The van der Waals surface area contributed by atoms with Crippen LogP contribution in [-0.4, -0.2) is 160 Å². The fourth-order valence-electron chi connectivity index (χ4n) is 10.1. The van der Waals surface area contributed by atoms with Gasteiger partial charge in [-0.25, -0.2) is 14.2 Å². The molecule has 2 aromatic heterocycles. The monoisotopic (exact) mass is 1170 g/mol. The first-order chi connectivity index (χ1) is 39.9. The van der Waals surface area contributed by atoms with E-state index < -0.39 is 35.9 Å². The van der Waals surface area contributed by atoms with Crippen LogP contribution < -0.4 is 14.2 Å². The number of nitrogens with zero attached hydrogens (tertiary/aromatic N) is 11. The Morgan fingerprint density at radius 2 is 1.60 bits per heavy atom. The van der Waals surface area contributed by atoms with Crippen LogP contribution in [0, 0.1) is 24.1 Å². The van der Waals surface area contributed by atoms with Crippen LogP contribution in [0.1, 0.15) is 95.1 Å². The number of methoxy groups -OCH3 is 1. The van der Waals surface area contributed by atoms with E-state index in [0.717, 1.165) is 11.1 Å². The quantitative estimate of drug-likeness (QED) is 0.0737. The number of aromatic nitrogens is 4. The molecule has 4 aromatic carbocycles. The number of hydrogen-bond donors (Lipinski definition) is 0. The molecule has 0 aliphatic carbocycles. The van der Waals surface area contributed by atoms with Gasteiger partial charge in [0.25, 0.3) is 5.91 Å². The van der Waals surface area contributed by atoms with Crippen molar-refractivity contribution in [3.8, 4) is 34.7 Å². The Bertz CT molecular complexity index is 3450. The van der Waals surface area contributed by atoms with Crippen molar-refractivity contribution < 1.29 is 47.3 Å². The van der Waals surface area contributed by atoms with Crippen LogP contribution in [0.5, 0.6) is 17.4 Å². The predicted octanol–water partition coefficient (Wildman–Crippen LogP) is 8.88. The molecule has 0 spiro atoms. The third-order valence-electron chi connectivity index (χ3n) is 14.5. The topological polar surface area (TPSA) is 210 Å². The summed E-state index contributed by atoms with van der Waals surface area (Å²) in [5.41, 5.74) is 4.44. The Balaban J connectivity index is 0.770. The van der Waals surface area contributed by atoms with Crippen molar-refractivity contribution >= 4 is 52.8 Å². The number of aliphatic imine (C=N–C) groups is 1. The summed E-state index contributed by atoms with van der Waals surface area (Å²) >= 11 is 12.7. The lowest BCUT2D eigenvalue weighted by atomic mass is 9.93. The lowest BCUT2D eigenvalue weighted by Gasteiger charge is -2.38. The molecule has 0 saturated carbocycles. The maximum absolute atomic E-state index is 15.1. The van der Waals surface area contributed by atoms with Gasteiger partial charge in [0.1, 0.15) is 53.6 Å². The molecule has 6 aromatic rings. The van der Waals surface area contributed by atoms with Crippen molar-refractivity contribution in [2.24, 2.45) is 4.99 Å². The van der Waals surface area contributed by atoms with Gasteiger partial charge < -0.3 is 43.3 Å². The molecule has 2 bridgehead atoms. The standard InChI is InChI=1S/C60H64Cl2FN11O9/c1-36(2)82-51-31-44(79-7)17-19-46(51)57-67-55(39-8-12-41(61)13-9-39)56(40-10-14-42(62)15-11-40)74(57)60(78)72-23-22-71(53(76)35-72)25-27-81-29-28-80-26-20-52(75)69(5)21-24-73-50(32-64)54-48-33-65-37(3)58(66-48)83-38(4)47-30-43(63)16-18-45(47)59(77)70(6)34-49(54)68-73/h8-19,30-31,33,36,38,55-56H,20-29,34-35H2,1-7H3/t38-,55-,56+/m1/s1. The molecule has 3 aliphatic heterocycles. The van der Waals surface area contributed by atoms with Crippen LogP contribution in [0.15, 0.2) is 96.1 Å². The minimum atomic E-state index is -0.765. The van der Waals surface area contributed by atoms with Crippen molar-refractivity contribution in [2.45, 2.75) is 71.5 Å². The second kappa shape index (κ2) is 26.4. The van der Waals surface area contributed by atoms with Gasteiger partial charge in [-0.2, -0.15) is 10.4 Å². The van der Waals surface area contributed by atoms with Crippen molar-refractivity contribution in [2.75, 3.05) is 80.4 Å². The van der Waals surface area contributed by atoms with E-state index in [2.05, 4.69) is 11.1 Å². The molecule has 5 heterocycles. The van der Waals surface area contributed by atoms with Gasteiger partial charge in [-0.15, -0.1) is 0 Å². The highest BCUT2D eigenvalue weighted by atomic mass is 35.5. The zero-order valence-corrected chi connectivity index (χ0v) is 48.7. The molecule has 3 atom stereocenters. The molecule has 9 rings (SSSR count). The number of nitriles is 1. The first kappa shape index (κ1) is 59.5. The van der Waals surface area contributed by atoms with E-state index in [0.29, 0.717) is 67.7 Å². The minimum absolute atomic E-state index is 0.0131. The summed E-state index contributed by atoms with van der Waals surface area (Å²) in [5, 5.41) is 16.3. The Labute approximate surface area is 490 Å². The van der Waals surface area contributed by atoms with Gasteiger partial charge >= 0.3 is 6.03 Å². The van der Waals surface area contributed by atoms with Crippen LogP contribution in [0.25, 0.3) is 11.3 Å².